The van der Waals surface area contributed by atoms with Crippen LogP contribution in [0.25, 0.3) is 0 Å². The number of carbonyl (C=O) groups is 1. The molecule has 2 fully saturated rings. The molecule has 1 amide bonds. The Morgan fingerprint density at radius 2 is 2.00 bits per heavy atom. The van der Waals surface area contributed by atoms with E-state index in [-0.39, 0.29) is 12.0 Å². The molecule has 2 heterocycles. The van der Waals surface area contributed by atoms with Crippen LogP contribution in [0, 0.1) is 13.8 Å². The molecule has 3 rings (SSSR count). The smallest absolute Gasteiger partial charge is 0.233 e. The Bertz CT molecular complexity index is 604. The van der Waals surface area contributed by atoms with E-state index >= 15 is 0 Å². The molecule has 0 spiro atoms. The lowest BCUT2D eigenvalue weighted by atomic mass is 9.94. The molecular weight excluding hydrogens is 346 g/mol. The number of aryl methyl sites for hydroxylation is 1. The standard InChI is InChI=1S/C20H33N3O2S/c1-4-22(17-9-6-5-7-10-17)19(24)14-26-20-21-15(2)16(3)23(20)13-18-11-8-12-25-18/h17-18H,4-14H2,1-3H3. The SMILES string of the molecule is CCN(C(=O)CSc1nc(C)c(C)n1CC1CCCO1)C1CCCCC1. The van der Waals surface area contributed by atoms with Crippen LogP contribution in [0.5, 0.6) is 0 Å². The van der Waals surface area contributed by atoms with E-state index in [0.29, 0.717) is 11.8 Å². The van der Waals surface area contributed by atoms with Crippen LogP contribution in [0.15, 0.2) is 5.16 Å². The van der Waals surface area contributed by atoms with Crippen LogP contribution in [0.4, 0.5) is 0 Å². The number of nitrogens with zero attached hydrogens (tertiary/aromatic N) is 3. The Morgan fingerprint density at radius 1 is 1.23 bits per heavy atom. The van der Waals surface area contributed by atoms with E-state index in [1.807, 2.05) is 6.92 Å². The van der Waals surface area contributed by atoms with E-state index in [2.05, 4.69) is 23.3 Å². The van der Waals surface area contributed by atoms with Crippen molar-refractivity contribution in [1.82, 2.24) is 14.5 Å². The third-order valence-corrected chi connectivity index (χ3v) is 6.80. The lowest BCUT2D eigenvalue weighted by Gasteiger charge is -2.33. The van der Waals surface area contributed by atoms with E-state index in [9.17, 15) is 4.79 Å². The van der Waals surface area contributed by atoms with Gasteiger partial charge >= 0.3 is 0 Å². The second-order valence-electron chi connectivity index (χ2n) is 7.57. The van der Waals surface area contributed by atoms with Gasteiger partial charge in [0.15, 0.2) is 5.16 Å². The number of carbonyl (C=O) groups excluding carboxylic acids is 1. The van der Waals surface area contributed by atoms with Gasteiger partial charge in [-0.15, -0.1) is 0 Å². The fraction of sp³-hybridized carbons (Fsp3) is 0.800. The van der Waals surface area contributed by atoms with Gasteiger partial charge in [0, 0.05) is 24.9 Å². The second-order valence-corrected chi connectivity index (χ2v) is 8.51. The highest BCUT2D eigenvalue weighted by molar-refractivity contribution is 7.99. The summed E-state index contributed by atoms with van der Waals surface area (Å²) in [6, 6.07) is 0.442. The zero-order valence-electron chi connectivity index (χ0n) is 16.5. The average Bonchev–Trinajstić information content (AvgIpc) is 3.25. The Balaban J connectivity index is 1.62. The molecule has 0 N–H and O–H groups in total. The number of hydrogen-bond acceptors (Lipinski definition) is 4. The maximum absolute atomic E-state index is 12.8. The summed E-state index contributed by atoms with van der Waals surface area (Å²) in [5, 5.41) is 0.962. The van der Waals surface area contributed by atoms with Crippen molar-refractivity contribution in [3.63, 3.8) is 0 Å². The molecule has 1 unspecified atom stereocenters. The largest absolute Gasteiger partial charge is 0.376 e. The molecule has 0 radical (unpaired) electrons. The zero-order chi connectivity index (χ0) is 18.5. The van der Waals surface area contributed by atoms with Crippen LogP contribution in [0.3, 0.4) is 0 Å². The van der Waals surface area contributed by atoms with Crippen molar-refractivity contribution in [1.29, 1.82) is 0 Å². The molecule has 1 aromatic rings. The fourth-order valence-corrected chi connectivity index (χ4v) is 5.17. The summed E-state index contributed by atoms with van der Waals surface area (Å²) in [6.45, 7) is 8.79. The first-order valence-corrected chi connectivity index (χ1v) is 11.2. The molecule has 1 saturated heterocycles. The van der Waals surface area contributed by atoms with Crippen molar-refractivity contribution in [2.24, 2.45) is 0 Å². The highest BCUT2D eigenvalue weighted by Gasteiger charge is 2.25. The molecule has 0 aromatic carbocycles. The fourth-order valence-electron chi connectivity index (χ4n) is 4.18. The number of amides is 1. The predicted octanol–water partition coefficient (Wildman–Crippen LogP) is 3.95. The molecule has 5 nitrogen and oxygen atoms in total. The van der Waals surface area contributed by atoms with Gasteiger partial charge in [0.2, 0.25) is 5.91 Å². The molecule has 2 aliphatic rings. The summed E-state index contributed by atoms with van der Waals surface area (Å²) in [6.07, 6.45) is 8.70. The van der Waals surface area contributed by atoms with Gasteiger partial charge in [-0.2, -0.15) is 0 Å². The van der Waals surface area contributed by atoms with Gasteiger partial charge in [0.1, 0.15) is 0 Å². The van der Waals surface area contributed by atoms with Gasteiger partial charge in [-0.1, -0.05) is 31.0 Å². The van der Waals surface area contributed by atoms with Crippen molar-refractivity contribution < 1.29 is 9.53 Å². The van der Waals surface area contributed by atoms with Crippen molar-refractivity contribution in [3.05, 3.63) is 11.4 Å². The predicted molar refractivity (Wildman–Crippen MR) is 106 cm³/mol. The summed E-state index contributed by atoms with van der Waals surface area (Å²) in [5.74, 6) is 0.734. The van der Waals surface area contributed by atoms with Gasteiger partial charge in [-0.3, -0.25) is 4.79 Å². The number of rotatable bonds is 7. The minimum Gasteiger partial charge on any atom is -0.376 e. The second kappa shape index (κ2) is 9.27. The Hall–Kier alpha value is -1.01. The number of thioether (sulfide) groups is 1. The first-order valence-electron chi connectivity index (χ1n) is 10.2. The van der Waals surface area contributed by atoms with Crippen molar-refractivity contribution in [3.8, 4) is 0 Å². The first-order chi connectivity index (χ1) is 12.6. The monoisotopic (exact) mass is 379 g/mol. The molecule has 1 aliphatic carbocycles. The molecular formula is C20H33N3O2S. The van der Waals surface area contributed by atoms with Gasteiger partial charge < -0.3 is 14.2 Å². The molecule has 1 saturated carbocycles. The lowest BCUT2D eigenvalue weighted by molar-refractivity contribution is -0.131. The van der Waals surface area contributed by atoms with Crippen molar-refractivity contribution in [2.45, 2.75) is 89.6 Å². The molecule has 146 valence electrons. The molecule has 6 heteroatoms. The van der Waals surface area contributed by atoms with E-state index < -0.39 is 0 Å². The number of aromatic nitrogens is 2. The van der Waals surface area contributed by atoms with Crippen LogP contribution >= 0.6 is 11.8 Å². The minimum atomic E-state index is 0.256. The average molecular weight is 380 g/mol. The van der Waals surface area contributed by atoms with E-state index in [4.69, 9.17) is 9.72 Å². The van der Waals surface area contributed by atoms with E-state index in [0.717, 1.165) is 56.2 Å². The summed E-state index contributed by atoms with van der Waals surface area (Å²) < 4.78 is 8.05. The van der Waals surface area contributed by atoms with Crippen LogP contribution in [-0.4, -0.2) is 51.4 Å². The maximum Gasteiger partial charge on any atom is 0.233 e. The lowest BCUT2D eigenvalue weighted by Crippen LogP contribution is -2.42. The number of imidazole rings is 1. The highest BCUT2D eigenvalue weighted by Crippen LogP contribution is 2.26. The Kier molecular flexibility index (Phi) is 7.04. The third kappa shape index (κ3) is 4.63. The molecule has 1 aromatic heterocycles. The molecule has 1 atom stereocenters. The first kappa shape index (κ1) is 19.7. The third-order valence-electron chi connectivity index (χ3n) is 5.83. The molecule has 26 heavy (non-hydrogen) atoms. The van der Waals surface area contributed by atoms with Crippen molar-refractivity contribution in [2.75, 3.05) is 18.9 Å². The maximum atomic E-state index is 12.8. The number of ether oxygens (including phenoxy) is 1. The molecule has 0 bridgehead atoms. The Labute approximate surface area is 161 Å². The normalized spacial score (nSPS) is 21.3. The van der Waals surface area contributed by atoms with Gasteiger partial charge in [0.05, 0.1) is 24.1 Å². The van der Waals surface area contributed by atoms with Crippen molar-refractivity contribution >= 4 is 17.7 Å². The quantitative estimate of drug-likeness (QED) is 0.673. The van der Waals surface area contributed by atoms with Crippen LogP contribution < -0.4 is 0 Å². The van der Waals surface area contributed by atoms with Crippen LogP contribution in [0.1, 0.15) is 63.3 Å². The van der Waals surface area contributed by atoms with E-state index in [1.165, 1.54) is 25.0 Å². The summed E-state index contributed by atoms with van der Waals surface area (Å²) in [5.41, 5.74) is 2.24. The van der Waals surface area contributed by atoms with Gasteiger partial charge in [0.25, 0.3) is 0 Å². The minimum absolute atomic E-state index is 0.256. The Morgan fingerprint density at radius 3 is 2.65 bits per heavy atom. The van der Waals surface area contributed by atoms with Gasteiger partial charge in [-0.25, -0.2) is 4.98 Å². The summed E-state index contributed by atoms with van der Waals surface area (Å²) in [4.78, 5) is 19.7. The zero-order valence-corrected chi connectivity index (χ0v) is 17.3. The topological polar surface area (TPSA) is 47.4 Å². The van der Waals surface area contributed by atoms with Crippen LogP contribution in [0.2, 0.25) is 0 Å². The van der Waals surface area contributed by atoms with Crippen LogP contribution in [-0.2, 0) is 16.1 Å². The summed E-state index contributed by atoms with van der Waals surface area (Å²) >= 11 is 1.59. The van der Waals surface area contributed by atoms with E-state index in [1.54, 1.807) is 11.8 Å². The van der Waals surface area contributed by atoms with Gasteiger partial charge in [-0.05, 0) is 46.5 Å². The molecule has 1 aliphatic heterocycles. The number of hydrogen-bond donors (Lipinski definition) is 0. The summed E-state index contributed by atoms with van der Waals surface area (Å²) in [7, 11) is 0. The highest BCUT2D eigenvalue weighted by atomic mass is 32.2.